The molecule has 152 valence electrons. The van der Waals surface area contributed by atoms with Gasteiger partial charge in [0, 0.05) is 37.8 Å². The standard InChI is InChI=1S/C20H21ClFN5O2/c1-24-17-16(18(28)25(2)20(24)29)27(12-13-14(21)8-7-9-15(13)22)19(23-17)26-10-5-3-4-6-11-26/h3-4,7-9H,5-6,10-12H2,1-2H3. The maximum atomic E-state index is 14.5. The highest BCUT2D eigenvalue weighted by molar-refractivity contribution is 6.31. The molecule has 7 nitrogen and oxygen atoms in total. The zero-order chi connectivity index (χ0) is 20.7. The number of aromatic nitrogens is 4. The monoisotopic (exact) mass is 417 g/mol. The third-order valence-corrected chi connectivity index (χ3v) is 5.64. The van der Waals surface area contributed by atoms with E-state index in [-0.39, 0.29) is 28.3 Å². The predicted molar refractivity (Wildman–Crippen MR) is 111 cm³/mol. The molecule has 0 unspecified atom stereocenters. The molecular formula is C20H21ClFN5O2. The van der Waals surface area contributed by atoms with Gasteiger partial charge in [-0.25, -0.2) is 9.18 Å². The van der Waals surface area contributed by atoms with Crippen LogP contribution in [0.4, 0.5) is 10.3 Å². The summed E-state index contributed by atoms with van der Waals surface area (Å²) in [5, 5.41) is 0.275. The molecule has 0 aliphatic carbocycles. The lowest BCUT2D eigenvalue weighted by molar-refractivity contribution is 0.599. The van der Waals surface area contributed by atoms with Gasteiger partial charge in [0.15, 0.2) is 11.2 Å². The Hall–Kier alpha value is -2.87. The molecule has 0 amide bonds. The first-order valence-electron chi connectivity index (χ1n) is 9.39. The van der Waals surface area contributed by atoms with Crippen molar-refractivity contribution in [2.24, 2.45) is 14.1 Å². The van der Waals surface area contributed by atoms with Crippen molar-refractivity contribution < 1.29 is 4.39 Å². The summed E-state index contributed by atoms with van der Waals surface area (Å²) in [4.78, 5) is 32.1. The quantitative estimate of drug-likeness (QED) is 0.614. The molecule has 0 N–H and O–H groups in total. The maximum absolute atomic E-state index is 14.5. The average Bonchev–Trinajstić information content (AvgIpc) is 2.88. The van der Waals surface area contributed by atoms with Crippen molar-refractivity contribution in [1.82, 2.24) is 18.7 Å². The van der Waals surface area contributed by atoms with Crippen molar-refractivity contribution in [2.45, 2.75) is 19.4 Å². The largest absolute Gasteiger partial charge is 0.342 e. The molecule has 0 fully saturated rings. The van der Waals surface area contributed by atoms with Crippen LogP contribution in [0.1, 0.15) is 18.4 Å². The number of aryl methyl sites for hydroxylation is 1. The Bertz CT molecular complexity index is 1210. The molecule has 3 aromatic rings. The lowest BCUT2D eigenvalue weighted by Gasteiger charge is -2.23. The second-order valence-electron chi connectivity index (χ2n) is 7.11. The molecule has 29 heavy (non-hydrogen) atoms. The first-order valence-corrected chi connectivity index (χ1v) is 9.77. The fourth-order valence-corrected chi connectivity index (χ4v) is 3.90. The van der Waals surface area contributed by atoms with Crippen LogP contribution in [0.5, 0.6) is 0 Å². The van der Waals surface area contributed by atoms with Crippen LogP contribution < -0.4 is 16.1 Å². The molecule has 9 heteroatoms. The van der Waals surface area contributed by atoms with Crippen molar-refractivity contribution in [3.8, 4) is 0 Å². The number of hydrogen-bond donors (Lipinski definition) is 0. The Balaban J connectivity index is 2.00. The molecule has 0 spiro atoms. The van der Waals surface area contributed by atoms with E-state index < -0.39 is 17.1 Å². The lowest BCUT2D eigenvalue weighted by atomic mass is 10.2. The van der Waals surface area contributed by atoms with Gasteiger partial charge < -0.3 is 4.90 Å². The van der Waals surface area contributed by atoms with Gasteiger partial charge in [0.25, 0.3) is 5.56 Å². The summed E-state index contributed by atoms with van der Waals surface area (Å²) in [6.45, 7) is 1.45. The van der Waals surface area contributed by atoms with Gasteiger partial charge in [0.1, 0.15) is 5.82 Å². The van der Waals surface area contributed by atoms with Gasteiger partial charge in [-0.15, -0.1) is 0 Å². The van der Waals surface area contributed by atoms with E-state index >= 15 is 0 Å². The summed E-state index contributed by atoms with van der Waals surface area (Å²) in [5.74, 6) is 0.0748. The van der Waals surface area contributed by atoms with Gasteiger partial charge in [-0.2, -0.15) is 4.98 Å². The van der Waals surface area contributed by atoms with E-state index in [1.54, 1.807) is 17.7 Å². The van der Waals surface area contributed by atoms with Gasteiger partial charge in [0.05, 0.1) is 6.54 Å². The minimum Gasteiger partial charge on any atom is -0.342 e. The van der Waals surface area contributed by atoms with Crippen molar-refractivity contribution in [3.05, 3.63) is 67.6 Å². The number of benzene rings is 1. The van der Waals surface area contributed by atoms with Crippen molar-refractivity contribution in [1.29, 1.82) is 0 Å². The van der Waals surface area contributed by atoms with Gasteiger partial charge in [-0.05, 0) is 25.0 Å². The molecule has 0 saturated heterocycles. The van der Waals surface area contributed by atoms with Gasteiger partial charge in [0.2, 0.25) is 5.95 Å². The smallest absolute Gasteiger partial charge is 0.332 e. The summed E-state index contributed by atoms with van der Waals surface area (Å²) in [5.41, 5.74) is -0.125. The number of rotatable bonds is 3. The SMILES string of the molecule is Cn1c(=O)c2c(nc(N3CCC=CCC3)n2Cc2c(F)cccc2Cl)n(C)c1=O. The predicted octanol–water partition coefficient (Wildman–Crippen LogP) is 2.43. The second-order valence-corrected chi connectivity index (χ2v) is 7.52. The van der Waals surface area contributed by atoms with Crippen molar-refractivity contribution in [3.63, 3.8) is 0 Å². The van der Waals surface area contributed by atoms with Crippen molar-refractivity contribution in [2.75, 3.05) is 18.0 Å². The number of imidazole rings is 1. The molecule has 0 saturated carbocycles. The molecule has 1 aromatic carbocycles. The highest BCUT2D eigenvalue weighted by Gasteiger charge is 2.24. The minimum absolute atomic E-state index is 0.0364. The van der Waals surface area contributed by atoms with Gasteiger partial charge in [-0.1, -0.05) is 29.8 Å². The Kier molecular flexibility index (Phi) is 5.04. The van der Waals surface area contributed by atoms with E-state index in [1.807, 2.05) is 0 Å². The van der Waals surface area contributed by atoms with E-state index in [0.717, 1.165) is 17.4 Å². The Morgan fingerprint density at radius 2 is 1.79 bits per heavy atom. The summed E-state index contributed by atoms with van der Waals surface area (Å²) < 4.78 is 18.6. The summed E-state index contributed by atoms with van der Waals surface area (Å²) >= 11 is 6.25. The number of hydrogen-bond acceptors (Lipinski definition) is 4. The number of fused-ring (bicyclic) bond motifs is 1. The fraction of sp³-hybridized carbons (Fsp3) is 0.350. The van der Waals surface area contributed by atoms with Crippen LogP contribution in [0.25, 0.3) is 11.2 Å². The number of halogens is 2. The molecule has 4 rings (SSSR count). The zero-order valence-corrected chi connectivity index (χ0v) is 17.0. The summed E-state index contributed by atoms with van der Waals surface area (Å²) in [6, 6.07) is 4.49. The fourth-order valence-electron chi connectivity index (χ4n) is 3.68. The first-order chi connectivity index (χ1) is 13.9. The minimum atomic E-state index is -0.470. The number of anilines is 1. The summed E-state index contributed by atoms with van der Waals surface area (Å²) in [6.07, 6.45) is 5.88. The molecule has 0 bridgehead atoms. The van der Waals surface area contributed by atoms with Crippen LogP contribution in [0.15, 0.2) is 39.9 Å². The van der Waals surface area contributed by atoms with E-state index in [1.165, 1.54) is 23.7 Å². The van der Waals surface area contributed by atoms with Crippen LogP contribution in [0.2, 0.25) is 5.02 Å². The van der Waals surface area contributed by atoms with E-state index in [0.29, 0.717) is 19.0 Å². The third kappa shape index (κ3) is 3.27. The molecule has 1 aliphatic rings. The highest BCUT2D eigenvalue weighted by Crippen LogP contribution is 2.26. The maximum Gasteiger partial charge on any atom is 0.332 e. The Morgan fingerprint density at radius 1 is 1.10 bits per heavy atom. The van der Waals surface area contributed by atoms with Crippen molar-refractivity contribution >= 4 is 28.7 Å². The van der Waals surface area contributed by atoms with Crippen LogP contribution in [0, 0.1) is 5.82 Å². The van der Waals surface area contributed by atoms with Gasteiger partial charge >= 0.3 is 5.69 Å². The second kappa shape index (κ2) is 7.51. The molecule has 1 aliphatic heterocycles. The van der Waals surface area contributed by atoms with Gasteiger partial charge in [-0.3, -0.25) is 18.5 Å². The molecule has 0 radical (unpaired) electrons. The van der Waals surface area contributed by atoms with Crippen LogP contribution in [0.3, 0.4) is 0 Å². The zero-order valence-electron chi connectivity index (χ0n) is 16.2. The third-order valence-electron chi connectivity index (χ3n) is 5.29. The topological polar surface area (TPSA) is 65.1 Å². The summed E-state index contributed by atoms with van der Waals surface area (Å²) in [7, 11) is 3.00. The molecule has 2 aromatic heterocycles. The first kappa shape index (κ1) is 19.4. The number of nitrogens with zero attached hydrogens (tertiary/aromatic N) is 5. The molecule has 0 atom stereocenters. The Labute approximate surface area is 171 Å². The van der Waals surface area contributed by atoms with E-state index in [4.69, 9.17) is 11.6 Å². The highest BCUT2D eigenvalue weighted by atomic mass is 35.5. The molecule has 3 heterocycles. The van der Waals surface area contributed by atoms with E-state index in [2.05, 4.69) is 22.0 Å². The van der Waals surface area contributed by atoms with Crippen LogP contribution >= 0.6 is 11.6 Å². The van der Waals surface area contributed by atoms with Crippen LogP contribution in [-0.2, 0) is 20.6 Å². The Morgan fingerprint density at radius 3 is 2.45 bits per heavy atom. The normalized spacial score (nSPS) is 14.6. The lowest BCUT2D eigenvalue weighted by Crippen LogP contribution is -2.37. The van der Waals surface area contributed by atoms with E-state index in [9.17, 15) is 14.0 Å². The average molecular weight is 418 g/mol. The molecular weight excluding hydrogens is 397 g/mol. The van der Waals surface area contributed by atoms with Crippen LogP contribution in [-0.4, -0.2) is 31.8 Å².